The lowest BCUT2D eigenvalue weighted by atomic mass is 9.90. The second kappa shape index (κ2) is 9.17. The maximum absolute atomic E-state index is 11.7. The monoisotopic (exact) mass is 454 g/mol. The number of pyridine rings is 1. The normalized spacial score (nSPS) is 12.6. The van der Waals surface area contributed by atoms with Crippen molar-refractivity contribution in [2.75, 3.05) is 6.26 Å². The minimum absolute atomic E-state index is 0.259. The van der Waals surface area contributed by atoms with E-state index in [0.717, 1.165) is 33.2 Å². The maximum atomic E-state index is 11.7. The predicted molar refractivity (Wildman–Crippen MR) is 133 cm³/mol. The number of nitrogens with zero attached hydrogens (tertiary/aromatic N) is 2. The highest BCUT2D eigenvalue weighted by Crippen LogP contribution is 2.32. The van der Waals surface area contributed by atoms with Crippen LogP contribution in [0.15, 0.2) is 83.9 Å². The average Bonchev–Trinajstić information content (AvgIpc) is 2.81. The summed E-state index contributed by atoms with van der Waals surface area (Å²) in [5.74, 6) is 0.0279. The van der Waals surface area contributed by atoms with Crippen LogP contribution >= 0.6 is 0 Å². The van der Waals surface area contributed by atoms with Crippen molar-refractivity contribution in [2.45, 2.75) is 37.0 Å². The quantitative estimate of drug-likeness (QED) is 0.344. The first kappa shape index (κ1) is 22.7. The third kappa shape index (κ3) is 4.97. The van der Waals surface area contributed by atoms with Gasteiger partial charge in [0.05, 0.1) is 22.4 Å². The largest absolute Gasteiger partial charge is 0.256 e. The van der Waals surface area contributed by atoms with Crippen LogP contribution in [0, 0.1) is 11.3 Å². The summed E-state index contributed by atoms with van der Waals surface area (Å²) < 4.78 is 23.5. The van der Waals surface area contributed by atoms with Gasteiger partial charge >= 0.3 is 0 Å². The summed E-state index contributed by atoms with van der Waals surface area (Å²) in [4.78, 5) is 4.90. The minimum atomic E-state index is -3.26. The first-order chi connectivity index (χ1) is 15.8. The number of benzene rings is 3. The summed E-state index contributed by atoms with van der Waals surface area (Å²) in [6, 6.07) is 25.7. The molecular weight excluding hydrogens is 428 g/mol. The zero-order valence-electron chi connectivity index (χ0n) is 19.0. The minimum Gasteiger partial charge on any atom is -0.256 e. The van der Waals surface area contributed by atoms with E-state index >= 15 is 0 Å². The van der Waals surface area contributed by atoms with E-state index in [1.807, 2.05) is 24.4 Å². The van der Waals surface area contributed by atoms with Gasteiger partial charge in [-0.05, 0) is 64.9 Å². The molecule has 1 aromatic heterocycles. The molecule has 4 nitrogen and oxygen atoms in total. The number of hydrogen-bond acceptors (Lipinski definition) is 4. The molecule has 0 N–H and O–H groups in total. The van der Waals surface area contributed by atoms with E-state index in [1.165, 1.54) is 11.8 Å². The van der Waals surface area contributed by atoms with Gasteiger partial charge in [0, 0.05) is 23.4 Å². The van der Waals surface area contributed by atoms with Crippen molar-refractivity contribution in [3.63, 3.8) is 0 Å². The van der Waals surface area contributed by atoms with E-state index < -0.39 is 9.84 Å². The highest BCUT2D eigenvalue weighted by Gasteiger charge is 2.15. The Bertz CT molecular complexity index is 1450. The van der Waals surface area contributed by atoms with Crippen LogP contribution in [0.3, 0.4) is 0 Å². The van der Waals surface area contributed by atoms with Gasteiger partial charge < -0.3 is 0 Å². The van der Waals surface area contributed by atoms with E-state index in [0.29, 0.717) is 12.3 Å². The van der Waals surface area contributed by atoms with Crippen LogP contribution < -0.4 is 0 Å². The summed E-state index contributed by atoms with van der Waals surface area (Å²) in [6.07, 6.45) is 3.54. The molecule has 4 aromatic rings. The fraction of sp³-hybridized carbons (Fsp3) is 0.214. The van der Waals surface area contributed by atoms with Gasteiger partial charge in [-0.25, -0.2) is 8.42 Å². The van der Waals surface area contributed by atoms with Crippen LogP contribution in [-0.2, 0) is 16.3 Å². The van der Waals surface area contributed by atoms with E-state index in [-0.39, 0.29) is 10.8 Å². The molecule has 0 aliphatic carbocycles. The molecule has 0 bridgehead atoms. The molecule has 0 radical (unpaired) electrons. The topological polar surface area (TPSA) is 70.8 Å². The Morgan fingerprint density at radius 1 is 0.939 bits per heavy atom. The van der Waals surface area contributed by atoms with Crippen LogP contribution in [0.25, 0.3) is 22.0 Å². The van der Waals surface area contributed by atoms with Crippen molar-refractivity contribution in [3.05, 3.63) is 95.7 Å². The zero-order chi connectivity index (χ0) is 23.6. The maximum Gasteiger partial charge on any atom is 0.175 e. The molecule has 1 heterocycles. The van der Waals surface area contributed by atoms with Gasteiger partial charge in [0.25, 0.3) is 0 Å². The van der Waals surface area contributed by atoms with E-state index in [2.05, 4.69) is 55.2 Å². The smallest absolute Gasteiger partial charge is 0.175 e. The summed E-state index contributed by atoms with van der Waals surface area (Å²) in [6.45, 7) is 4.37. The molecular formula is C28H26N2O2S. The Kier molecular flexibility index (Phi) is 6.31. The lowest BCUT2D eigenvalue weighted by Crippen LogP contribution is -2.02. The number of aromatic nitrogens is 1. The number of hydrogen-bond donors (Lipinski definition) is 0. The molecule has 3 aromatic carbocycles. The molecule has 0 amide bonds. The molecule has 0 saturated heterocycles. The van der Waals surface area contributed by atoms with Gasteiger partial charge in [-0.3, -0.25) is 4.98 Å². The highest BCUT2D eigenvalue weighted by atomic mass is 32.2. The first-order valence-electron chi connectivity index (χ1n) is 10.9. The Hall–Kier alpha value is -3.49. The third-order valence-electron chi connectivity index (χ3n) is 5.94. The first-order valence-corrected chi connectivity index (χ1v) is 12.8. The molecule has 4 rings (SSSR count). The SMILES string of the molecule is CC(C)c1cc(-c2cccc(CC(C#N)c3ccc(S(C)(=O)=O)cc3)c2)c2ncccc2c1. The van der Waals surface area contributed by atoms with Gasteiger partial charge in [0.2, 0.25) is 0 Å². The molecule has 5 heteroatoms. The van der Waals surface area contributed by atoms with Crippen LogP contribution in [0.4, 0.5) is 0 Å². The van der Waals surface area contributed by atoms with Gasteiger partial charge in [-0.2, -0.15) is 5.26 Å². The number of nitriles is 1. The second-order valence-corrected chi connectivity index (χ2v) is 10.7. The Morgan fingerprint density at radius 3 is 2.36 bits per heavy atom. The molecule has 0 aliphatic rings. The van der Waals surface area contributed by atoms with Crippen molar-refractivity contribution in [3.8, 4) is 17.2 Å². The Morgan fingerprint density at radius 2 is 1.70 bits per heavy atom. The molecule has 0 aliphatic heterocycles. The van der Waals surface area contributed by atoms with Crippen LogP contribution in [-0.4, -0.2) is 19.7 Å². The molecule has 0 spiro atoms. The van der Waals surface area contributed by atoms with Gasteiger partial charge in [0.15, 0.2) is 9.84 Å². The van der Waals surface area contributed by atoms with Crippen molar-refractivity contribution < 1.29 is 8.42 Å². The van der Waals surface area contributed by atoms with E-state index in [9.17, 15) is 13.7 Å². The lowest BCUT2D eigenvalue weighted by molar-refractivity contribution is 0.602. The molecule has 0 saturated carbocycles. The second-order valence-electron chi connectivity index (χ2n) is 8.73. The number of rotatable bonds is 6. The standard InChI is InChI=1S/C28H26N2O2S/c1-19(2)24-16-23-8-5-13-30-28(23)27(17-24)22-7-4-6-20(14-22)15-25(18-29)21-9-11-26(12-10-21)33(3,31)32/h4-14,16-17,19,25H,15H2,1-3H3. The number of sulfone groups is 1. The highest BCUT2D eigenvalue weighted by molar-refractivity contribution is 7.90. The Labute approximate surface area is 195 Å². The summed E-state index contributed by atoms with van der Waals surface area (Å²) in [5.41, 5.74) is 6.24. The third-order valence-corrected chi connectivity index (χ3v) is 7.07. The lowest BCUT2D eigenvalue weighted by Gasteiger charge is -2.14. The molecule has 1 unspecified atom stereocenters. The summed E-state index contributed by atoms with van der Waals surface area (Å²) >= 11 is 0. The predicted octanol–water partition coefficient (Wildman–Crippen LogP) is 6.28. The molecule has 166 valence electrons. The molecule has 1 atom stereocenters. The fourth-order valence-electron chi connectivity index (χ4n) is 4.06. The van der Waals surface area contributed by atoms with Crippen molar-refractivity contribution in [2.24, 2.45) is 0 Å². The summed E-state index contributed by atoms with van der Waals surface area (Å²) in [7, 11) is -3.26. The van der Waals surface area contributed by atoms with Crippen molar-refractivity contribution >= 4 is 20.7 Å². The zero-order valence-corrected chi connectivity index (χ0v) is 19.8. The average molecular weight is 455 g/mol. The Balaban J connectivity index is 1.69. The van der Waals surface area contributed by atoms with Gasteiger partial charge in [0.1, 0.15) is 0 Å². The fourth-order valence-corrected chi connectivity index (χ4v) is 4.69. The summed E-state index contributed by atoms with van der Waals surface area (Å²) in [5, 5.41) is 10.9. The van der Waals surface area contributed by atoms with E-state index in [1.54, 1.807) is 24.3 Å². The van der Waals surface area contributed by atoms with Crippen molar-refractivity contribution in [1.82, 2.24) is 4.98 Å². The van der Waals surface area contributed by atoms with Crippen LogP contribution in [0.5, 0.6) is 0 Å². The van der Waals surface area contributed by atoms with Gasteiger partial charge in [-0.15, -0.1) is 0 Å². The van der Waals surface area contributed by atoms with Gasteiger partial charge in [-0.1, -0.05) is 56.3 Å². The number of fused-ring (bicyclic) bond motifs is 1. The van der Waals surface area contributed by atoms with Crippen LogP contribution in [0.1, 0.15) is 42.4 Å². The molecule has 33 heavy (non-hydrogen) atoms. The van der Waals surface area contributed by atoms with Crippen molar-refractivity contribution in [1.29, 1.82) is 5.26 Å². The van der Waals surface area contributed by atoms with E-state index in [4.69, 9.17) is 0 Å². The van der Waals surface area contributed by atoms with Crippen LogP contribution in [0.2, 0.25) is 0 Å². The molecule has 0 fully saturated rings.